The Labute approximate surface area is 158 Å². The Bertz CT molecular complexity index is 827. The summed E-state index contributed by atoms with van der Waals surface area (Å²) in [6, 6.07) is 0.144. The molecule has 4 N–H and O–H groups in total. The standard InChI is InChI=1S/C20H26N4O3/c1-9-2-13-16-14(8-21-17(13)22-9)18(25)23-19(26)24(16)15-11-3-10-4-12(15)7-20(27,5-10)6-11/h8-12,15,18,25,27H,2-7H2,1H3,(H,21,22)(H,23,26). The zero-order chi connectivity index (χ0) is 18.5. The number of hydrogen-bond donors (Lipinski definition) is 4. The Morgan fingerprint density at radius 3 is 2.67 bits per heavy atom. The van der Waals surface area contributed by atoms with Gasteiger partial charge < -0.3 is 20.8 Å². The SMILES string of the molecule is CC1Cc2c(ncc3c2N(C2C4CC5CC2CC(O)(C5)C4)C(=O)NC3O)N1. The minimum Gasteiger partial charge on any atom is -0.390 e. The number of pyridine rings is 1. The summed E-state index contributed by atoms with van der Waals surface area (Å²) in [5.74, 6) is 2.07. The molecule has 0 spiro atoms. The van der Waals surface area contributed by atoms with E-state index in [1.807, 2.05) is 4.90 Å². The predicted molar refractivity (Wildman–Crippen MR) is 99.3 cm³/mol. The topological polar surface area (TPSA) is 97.7 Å². The van der Waals surface area contributed by atoms with Crippen molar-refractivity contribution >= 4 is 17.5 Å². The molecule has 3 heterocycles. The van der Waals surface area contributed by atoms with E-state index in [9.17, 15) is 15.0 Å². The maximum absolute atomic E-state index is 13.1. The fourth-order valence-electron chi connectivity index (χ4n) is 6.98. The summed E-state index contributed by atoms with van der Waals surface area (Å²) >= 11 is 0. The van der Waals surface area contributed by atoms with Crippen molar-refractivity contribution < 1.29 is 15.0 Å². The second kappa shape index (κ2) is 5.14. The van der Waals surface area contributed by atoms with Crippen molar-refractivity contribution in [3.63, 3.8) is 0 Å². The molecule has 7 nitrogen and oxygen atoms in total. The highest BCUT2D eigenvalue weighted by molar-refractivity contribution is 5.98. The average Bonchev–Trinajstić information content (AvgIpc) is 2.95. The first-order valence-corrected chi connectivity index (χ1v) is 10.2. The van der Waals surface area contributed by atoms with Crippen molar-refractivity contribution in [2.24, 2.45) is 17.8 Å². The van der Waals surface area contributed by atoms with Gasteiger partial charge in [-0.2, -0.15) is 0 Å². The van der Waals surface area contributed by atoms with Gasteiger partial charge in [0.1, 0.15) is 5.82 Å². The number of aliphatic hydroxyl groups is 2. The van der Waals surface area contributed by atoms with Crippen molar-refractivity contribution in [1.29, 1.82) is 0 Å². The van der Waals surface area contributed by atoms with Crippen LogP contribution in [0.3, 0.4) is 0 Å². The van der Waals surface area contributed by atoms with Gasteiger partial charge in [-0.1, -0.05) is 0 Å². The number of rotatable bonds is 1. The molecule has 7 heteroatoms. The number of anilines is 2. The number of urea groups is 1. The molecule has 4 aliphatic carbocycles. The molecule has 144 valence electrons. The number of hydrogen-bond acceptors (Lipinski definition) is 5. The van der Waals surface area contributed by atoms with Crippen LogP contribution in [0.5, 0.6) is 0 Å². The van der Waals surface area contributed by atoms with E-state index in [4.69, 9.17) is 0 Å². The quantitative estimate of drug-likeness (QED) is 0.605. The first-order valence-electron chi connectivity index (χ1n) is 10.2. The molecule has 1 aromatic heterocycles. The Balaban J connectivity index is 1.48. The summed E-state index contributed by atoms with van der Waals surface area (Å²) < 4.78 is 0. The zero-order valence-corrected chi connectivity index (χ0v) is 15.5. The van der Waals surface area contributed by atoms with Gasteiger partial charge in [-0.15, -0.1) is 0 Å². The number of amides is 2. The molecule has 4 atom stereocenters. The molecule has 4 unspecified atom stereocenters. The predicted octanol–water partition coefficient (Wildman–Crippen LogP) is 1.90. The van der Waals surface area contributed by atoms with E-state index in [2.05, 4.69) is 22.5 Å². The lowest BCUT2D eigenvalue weighted by atomic mass is 9.52. The Morgan fingerprint density at radius 2 is 1.96 bits per heavy atom. The number of nitrogens with one attached hydrogen (secondary N) is 2. The van der Waals surface area contributed by atoms with E-state index in [1.165, 1.54) is 0 Å². The number of carbonyl (C=O) groups is 1. The molecule has 0 saturated heterocycles. The molecule has 0 radical (unpaired) electrons. The van der Waals surface area contributed by atoms with E-state index in [1.54, 1.807) is 6.20 Å². The fourth-order valence-corrected chi connectivity index (χ4v) is 6.98. The van der Waals surface area contributed by atoms with Crippen LogP contribution in [-0.4, -0.2) is 38.9 Å². The molecule has 2 aliphatic heterocycles. The van der Waals surface area contributed by atoms with E-state index < -0.39 is 11.8 Å². The summed E-state index contributed by atoms with van der Waals surface area (Å²) in [7, 11) is 0. The number of aromatic nitrogens is 1. The van der Waals surface area contributed by atoms with Crippen LogP contribution >= 0.6 is 0 Å². The van der Waals surface area contributed by atoms with Gasteiger partial charge in [0.05, 0.1) is 11.3 Å². The fraction of sp³-hybridized carbons (Fsp3) is 0.700. The van der Waals surface area contributed by atoms with Gasteiger partial charge in [0.15, 0.2) is 6.23 Å². The zero-order valence-electron chi connectivity index (χ0n) is 15.5. The van der Waals surface area contributed by atoms with Crippen LogP contribution in [0.15, 0.2) is 6.20 Å². The van der Waals surface area contributed by atoms with E-state index in [0.29, 0.717) is 23.3 Å². The van der Waals surface area contributed by atoms with Crippen molar-refractivity contribution in [2.75, 3.05) is 10.2 Å². The second-order valence-electron chi connectivity index (χ2n) is 9.55. The molecule has 4 bridgehead atoms. The van der Waals surface area contributed by atoms with Gasteiger partial charge in [-0.25, -0.2) is 9.78 Å². The Morgan fingerprint density at radius 1 is 1.22 bits per heavy atom. The highest BCUT2D eigenvalue weighted by Gasteiger charge is 2.58. The lowest BCUT2D eigenvalue weighted by molar-refractivity contribution is -0.132. The maximum atomic E-state index is 13.1. The van der Waals surface area contributed by atoms with Gasteiger partial charge in [-0.05, 0) is 63.2 Å². The van der Waals surface area contributed by atoms with Crippen LogP contribution in [0, 0.1) is 17.8 Å². The third-order valence-corrected chi connectivity index (χ3v) is 7.57. The molecule has 4 saturated carbocycles. The minimum atomic E-state index is -1.02. The molecular formula is C20H26N4O3. The number of fused-ring (bicyclic) bond motifs is 3. The Kier molecular flexibility index (Phi) is 3.07. The highest BCUT2D eigenvalue weighted by atomic mass is 16.3. The first kappa shape index (κ1) is 16.1. The van der Waals surface area contributed by atoms with Crippen molar-refractivity contribution in [1.82, 2.24) is 10.3 Å². The van der Waals surface area contributed by atoms with Crippen LogP contribution in [-0.2, 0) is 6.42 Å². The summed E-state index contributed by atoms with van der Waals surface area (Å²) in [5.41, 5.74) is 2.06. The molecule has 2 amide bonds. The normalized spacial score (nSPS) is 44.0. The molecule has 4 fully saturated rings. The molecule has 1 aromatic rings. The number of aliphatic hydroxyl groups excluding tert-OH is 1. The molecular weight excluding hydrogens is 344 g/mol. The first-order chi connectivity index (χ1) is 12.9. The van der Waals surface area contributed by atoms with Gasteiger partial charge in [-0.3, -0.25) is 4.90 Å². The number of carbonyl (C=O) groups excluding carboxylic acids is 1. The molecule has 7 rings (SSSR count). The van der Waals surface area contributed by atoms with Crippen LogP contribution in [0.2, 0.25) is 0 Å². The van der Waals surface area contributed by atoms with Gasteiger partial charge >= 0.3 is 6.03 Å². The molecule has 27 heavy (non-hydrogen) atoms. The summed E-state index contributed by atoms with van der Waals surface area (Å²) in [6.07, 6.45) is 6.16. The summed E-state index contributed by atoms with van der Waals surface area (Å²) in [5, 5.41) is 27.5. The second-order valence-corrected chi connectivity index (χ2v) is 9.55. The Hall–Kier alpha value is -1.86. The van der Waals surface area contributed by atoms with Gasteiger partial charge in [0, 0.05) is 29.4 Å². The monoisotopic (exact) mass is 370 g/mol. The molecule has 6 aliphatic rings. The molecule has 0 aromatic carbocycles. The van der Waals surface area contributed by atoms with Crippen LogP contribution in [0.1, 0.15) is 56.4 Å². The highest BCUT2D eigenvalue weighted by Crippen LogP contribution is 2.58. The van der Waals surface area contributed by atoms with Crippen molar-refractivity contribution in [2.45, 2.75) is 69.4 Å². The minimum absolute atomic E-state index is 0.0930. The number of nitrogens with zero attached hydrogens (tertiary/aromatic N) is 2. The van der Waals surface area contributed by atoms with Gasteiger partial charge in [0.2, 0.25) is 0 Å². The van der Waals surface area contributed by atoms with Gasteiger partial charge in [0.25, 0.3) is 0 Å². The summed E-state index contributed by atoms with van der Waals surface area (Å²) in [6.45, 7) is 2.11. The van der Waals surface area contributed by atoms with Crippen molar-refractivity contribution in [3.05, 3.63) is 17.3 Å². The lowest BCUT2D eigenvalue weighted by Crippen LogP contribution is -2.65. The third-order valence-electron chi connectivity index (χ3n) is 7.57. The smallest absolute Gasteiger partial charge is 0.324 e. The summed E-state index contributed by atoms with van der Waals surface area (Å²) in [4.78, 5) is 19.5. The lowest BCUT2D eigenvalue weighted by Gasteiger charge is -2.60. The van der Waals surface area contributed by atoms with E-state index in [0.717, 1.165) is 55.6 Å². The average molecular weight is 370 g/mol. The van der Waals surface area contributed by atoms with Crippen LogP contribution in [0.25, 0.3) is 0 Å². The third kappa shape index (κ3) is 2.15. The van der Waals surface area contributed by atoms with Crippen LogP contribution < -0.4 is 15.5 Å². The van der Waals surface area contributed by atoms with E-state index >= 15 is 0 Å². The largest absolute Gasteiger partial charge is 0.390 e. The van der Waals surface area contributed by atoms with E-state index in [-0.39, 0.29) is 18.1 Å². The van der Waals surface area contributed by atoms with Crippen molar-refractivity contribution in [3.8, 4) is 0 Å². The maximum Gasteiger partial charge on any atom is 0.324 e. The van der Waals surface area contributed by atoms with Crippen LogP contribution in [0.4, 0.5) is 16.3 Å².